The van der Waals surface area contributed by atoms with Crippen molar-refractivity contribution in [2.75, 3.05) is 43.4 Å². The average molecular weight is 418 g/mol. The fourth-order valence-electron chi connectivity index (χ4n) is 3.28. The van der Waals surface area contributed by atoms with Crippen LogP contribution in [0.5, 0.6) is 0 Å². The molecule has 9 heteroatoms. The van der Waals surface area contributed by atoms with Crippen LogP contribution in [-0.4, -0.2) is 55.9 Å². The van der Waals surface area contributed by atoms with Gasteiger partial charge in [0.1, 0.15) is 5.82 Å². The van der Waals surface area contributed by atoms with Gasteiger partial charge in [-0.1, -0.05) is 23.7 Å². The van der Waals surface area contributed by atoms with Crippen LogP contribution in [0, 0.1) is 0 Å². The van der Waals surface area contributed by atoms with Crippen molar-refractivity contribution in [2.24, 2.45) is 0 Å². The minimum Gasteiger partial charge on any atom is -0.372 e. The third kappa shape index (κ3) is 3.50. The van der Waals surface area contributed by atoms with Gasteiger partial charge in [-0.3, -0.25) is 0 Å². The molecule has 3 aromatic rings. The van der Waals surface area contributed by atoms with E-state index in [9.17, 15) is 8.42 Å². The molecule has 7 nitrogen and oxygen atoms in total. The van der Waals surface area contributed by atoms with Gasteiger partial charge in [0.05, 0.1) is 10.4 Å². The van der Waals surface area contributed by atoms with E-state index in [4.69, 9.17) is 11.6 Å². The van der Waals surface area contributed by atoms with Crippen molar-refractivity contribution >= 4 is 44.3 Å². The lowest BCUT2D eigenvalue weighted by atomic mass is 10.2. The number of para-hydroxylation sites is 1. The van der Waals surface area contributed by atoms with Gasteiger partial charge in [0.2, 0.25) is 16.0 Å². The van der Waals surface area contributed by atoms with Gasteiger partial charge in [-0.15, -0.1) is 0 Å². The molecule has 1 aromatic heterocycles. The van der Waals surface area contributed by atoms with E-state index in [2.05, 4.69) is 15.3 Å². The molecular formula is C19H20ClN5O2S. The molecule has 4 rings (SSSR count). The first-order valence-corrected chi connectivity index (χ1v) is 10.8. The third-order valence-electron chi connectivity index (χ3n) is 4.80. The highest BCUT2D eigenvalue weighted by molar-refractivity contribution is 7.89. The van der Waals surface area contributed by atoms with Gasteiger partial charge >= 0.3 is 0 Å². The maximum Gasteiger partial charge on any atom is 0.243 e. The molecule has 0 amide bonds. The van der Waals surface area contributed by atoms with E-state index in [1.165, 1.54) is 16.4 Å². The Balaban J connectivity index is 1.54. The number of nitrogens with zero attached hydrogens (tertiary/aromatic N) is 4. The molecule has 0 saturated carbocycles. The molecule has 0 aliphatic carbocycles. The molecule has 0 radical (unpaired) electrons. The Morgan fingerprint density at radius 3 is 2.32 bits per heavy atom. The topological polar surface area (TPSA) is 78.4 Å². The highest BCUT2D eigenvalue weighted by Gasteiger charge is 2.29. The second-order valence-corrected chi connectivity index (χ2v) is 8.86. The minimum absolute atomic E-state index is 0.254. The zero-order valence-electron chi connectivity index (χ0n) is 15.3. The summed E-state index contributed by atoms with van der Waals surface area (Å²) in [4.78, 5) is 11.5. The number of piperazine rings is 1. The molecule has 1 aliphatic rings. The lowest BCUT2D eigenvalue weighted by Crippen LogP contribution is -2.49. The Kier molecular flexibility index (Phi) is 5.09. The smallest absolute Gasteiger partial charge is 0.243 e. The number of hydrogen-bond donors (Lipinski definition) is 1. The largest absolute Gasteiger partial charge is 0.372 e. The molecule has 2 aromatic carbocycles. The number of fused-ring (bicyclic) bond motifs is 1. The lowest BCUT2D eigenvalue weighted by molar-refractivity contribution is 0.382. The van der Waals surface area contributed by atoms with Crippen LogP contribution in [-0.2, 0) is 10.0 Å². The monoisotopic (exact) mass is 417 g/mol. The average Bonchev–Trinajstić information content (AvgIpc) is 2.73. The van der Waals surface area contributed by atoms with E-state index in [-0.39, 0.29) is 4.90 Å². The van der Waals surface area contributed by atoms with Crippen LogP contribution < -0.4 is 10.2 Å². The molecule has 0 spiro atoms. The van der Waals surface area contributed by atoms with Crippen molar-refractivity contribution in [1.29, 1.82) is 0 Å². The van der Waals surface area contributed by atoms with Crippen molar-refractivity contribution in [2.45, 2.75) is 4.90 Å². The Labute approximate surface area is 169 Å². The molecule has 1 fully saturated rings. The number of rotatable bonds is 4. The highest BCUT2D eigenvalue weighted by Crippen LogP contribution is 2.25. The molecular weight excluding hydrogens is 398 g/mol. The number of aromatic nitrogens is 2. The molecule has 1 saturated heterocycles. The van der Waals surface area contributed by atoms with Crippen molar-refractivity contribution in [3.05, 3.63) is 53.6 Å². The van der Waals surface area contributed by atoms with E-state index in [1.807, 2.05) is 36.2 Å². The number of nitrogens with one attached hydrogen (secondary N) is 1. The summed E-state index contributed by atoms with van der Waals surface area (Å²) in [5.74, 6) is 1.36. The van der Waals surface area contributed by atoms with Gasteiger partial charge < -0.3 is 10.2 Å². The molecule has 28 heavy (non-hydrogen) atoms. The standard InChI is InChI=1S/C19H20ClN5O2S/c1-21-18-16-4-2-3-5-17(16)22-19(23-18)24-10-12-25(13-11-24)28(26,27)15-8-6-14(20)7-9-15/h2-9H,10-13H2,1H3,(H,21,22,23). The normalized spacial score (nSPS) is 15.7. The first-order valence-electron chi connectivity index (χ1n) is 8.94. The summed E-state index contributed by atoms with van der Waals surface area (Å²) < 4.78 is 27.2. The van der Waals surface area contributed by atoms with Crippen LogP contribution in [0.2, 0.25) is 5.02 Å². The minimum atomic E-state index is -3.54. The van der Waals surface area contributed by atoms with Gasteiger partial charge in [-0.2, -0.15) is 9.29 Å². The van der Waals surface area contributed by atoms with Crippen LogP contribution >= 0.6 is 11.6 Å². The van der Waals surface area contributed by atoms with Crippen LogP contribution in [0.15, 0.2) is 53.4 Å². The number of benzene rings is 2. The predicted molar refractivity (Wildman–Crippen MR) is 112 cm³/mol. The Morgan fingerprint density at radius 2 is 1.64 bits per heavy atom. The zero-order chi connectivity index (χ0) is 19.7. The van der Waals surface area contributed by atoms with Crippen molar-refractivity contribution in [1.82, 2.24) is 14.3 Å². The molecule has 1 N–H and O–H groups in total. The summed E-state index contributed by atoms with van der Waals surface area (Å²) in [5.41, 5.74) is 0.855. The number of halogens is 1. The SMILES string of the molecule is CNc1nc(N2CCN(S(=O)(=O)c3ccc(Cl)cc3)CC2)nc2ccccc12. The third-order valence-corrected chi connectivity index (χ3v) is 6.97. The summed E-state index contributed by atoms with van der Waals surface area (Å²) in [6.45, 7) is 1.79. The summed E-state index contributed by atoms with van der Waals surface area (Å²) in [6, 6.07) is 14.1. The maximum atomic E-state index is 12.8. The second kappa shape index (κ2) is 7.54. The number of anilines is 2. The molecule has 0 atom stereocenters. The summed E-state index contributed by atoms with van der Waals surface area (Å²) in [6.07, 6.45) is 0. The summed E-state index contributed by atoms with van der Waals surface area (Å²) >= 11 is 5.87. The van der Waals surface area contributed by atoms with Crippen LogP contribution in [0.25, 0.3) is 10.9 Å². The van der Waals surface area contributed by atoms with Gasteiger partial charge in [0.15, 0.2) is 0 Å². The van der Waals surface area contributed by atoms with Crippen molar-refractivity contribution in [3.63, 3.8) is 0 Å². The first-order chi connectivity index (χ1) is 13.5. The number of hydrogen-bond acceptors (Lipinski definition) is 6. The van der Waals surface area contributed by atoms with Gasteiger partial charge in [-0.25, -0.2) is 13.4 Å². The Hall–Kier alpha value is -2.42. The quantitative estimate of drug-likeness (QED) is 0.703. The predicted octanol–water partition coefficient (Wildman–Crippen LogP) is 2.84. The summed E-state index contributed by atoms with van der Waals surface area (Å²) in [7, 11) is -1.71. The molecule has 146 valence electrons. The van der Waals surface area contributed by atoms with Crippen LogP contribution in [0.4, 0.5) is 11.8 Å². The fraction of sp³-hybridized carbons (Fsp3) is 0.263. The lowest BCUT2D eigenvalue weighted by Gasteiger charge is -2.34. The highest BCUT2D eigenvalue weighted by atomic mass is 35.5. The Morgan fingerprint density at radius 1 is 0.964 bits per heavy atom. The van der Waals surface area contributed by atoms with Gasteiger partial charge in [-0.05, 0) is 36.4 Å². The maximum absolute atomic E-state index is 12.8. The Bertz CT molecular complexity index is 1100. The van der Waals surface area contributed by atoms with E-state index in [0.29, 0.717) is 37.1 Å². The second-order valence-electron chi connectivity index (χ2n) is 6.48. The molecule has 2 heterocycles. The first kappa shape index (κ1) is 18.9. The van der Waals surface area contributed by atoms with Crippen molar-refractivity contribution < 1.29 is 8.42 Å². The molecule has 1 aliphatic heterocycles. The number of sulfonamides is 1. The van der Waals surface area contributed by atoms with E-state index < -0.39 is 10.0 Å². The van der Waals surface area contributed by atoms with Crippen molar-refractivity contribution in [3.8, 4) is 0 Å². The van der Waals surface area contributed by atoms with E-state index >= 15 is 0 Å². The van der Waals surface area contributed by atoms with Crippen LogP contribution in [0.3, 0.4) is 0 Å². The van der Waals surface area contributed by atoms with Crippen LogP contribution in [0.1, 0.15) is 0 Å². The summed E-state index contributed by atoms with van der Waals surface area (Å²) in [5, 5.41) is 4.58. The molecule has 0 unspecified atom stereocenters. The zero-order valence-corrected chi connectivity index (χ0v) is 16.9. The molecule has 0 bridgehead atoms. The fourth-order valence-corrected chi connectivity index (χ4v) is 4.83. The van der Waals surface area contributed by atoms with E-state index in [0.717, 1.165) is 16.7 Å². The van der Waals surface area contributed by atoms with Gasteiger partial charge in [0, 0.05) is 43.6 Å². The van der Waals surface area contributed by atoms with E-state index in [1.54, 1.807) is 12.1 Å². The van der Waals surface area contributed by atoms with Gasteiger partial charge in [0.25, 0.3) is 0 Å².